The first-order chi connectivity index (χ1) is 13.1. The van der Waals surface area contributed by atoms with Gasteiger partial charge in [-0.25, -0.2) is 4.98 Å². The van der Waals surface area contributed by atoms with Crippen molar-refractivity contribution in [1.29, 1.82) is 0 Å². The van der Waals surface area contributed by atoms with E-state index in [1.54, 1.807) is 11.8 Å². The molecule has 0 amide bonds. The summed E-state index contributed by atoms with van der Waals surface area (Å²) in [6.07, 6.45) is 3.61. The number of thioether (sulfide) groups is 1. The number of hydrogen-bond donors (Lipinski definition) is 1. The Morgan fingerprint density at radius 1 is 1.11 bits per heavy atom. The standard InChI is InChI=1S/C22H23ClN2OS/c1-27-20-7-4-16-12-17(14-25-10-8-19(26)9-11-25)22(24-21(16)13-20)15-2-5-18(23)6-3-15/h2-7,12-13,19,26H,8-11,14H2,1H3. The Hall–Kier alpha value is -1.59. The van der Waals surface area contributed by atoms with Gasteiger partial charge in [-0.1, -0.05) is 29.8 Å². The van der Waals surface area contributed by atoms with Gasteiger partial charge in [-0.3, -0.25) is 4.90 Å². The van der Waals surface area contributed by atoms with E-state index in [9.17, 15) is 5.11 Å². The molecular formula is C22H23ClN2OS. The summed E-state index contributed by atoms with van der Waals surface area (Å²) in [4.78, 5) is 8.66. The van der Waals surface area contributed by atoms with Crippen LogP contribution in [0, 0.1) is 0 Å². The van der Waals surface area contributed by atoms with E-state index in [2.05, 4.69) is 35.4 Å². The smallest absolute Gasteiger partial charge is 0.0754 e. The number of hydrogen-bond acceptors (Lipinski definition) is 4. The molecule has 140 valence electrons. The van der Waals surface area contributed by atoms with Gasteiger partial charge >= 0.3 is 0 Å². The van der Waals surface area contributed by atoms with E-state index in [-0.39, 0.29) is 6.10 Å². The summed E-state index contributed by atoms with van der Waals surface area (Å²) in [6, 6.07) is 16.6. The number of piperidine rings is 1. The van der Waals surface area contributed by atoms with Crippen LogP contribution in [0.2, 0.25) is 5.02 Å². The Kier molecular flexibility index (Phi) is 5.69. The van der Waals surface area contributed by atoms with Gasteiger partial charge in [0, 0.05) is 40.5 Å². The largest absolute Gasteiger partial charge is 0.393 e. The molecule has 1 fully saturated rings. The van der Waals surface area contributed by atoms with E-state index in [0.717, 1.165) is 59.7 Å². The predicted octanol–water partition coefficient (Wildman–Crippen LogP) is 5.23. The van der Waals surface area contributed by atoms with E-state index in [4.69, 9.17) is 16.6 Å². The average molecular weight is 399 g/mol. The topological polar surface area (TPSA) is 36.4 Å². The lowest BCUT2D eigenvalue weighted by atomic mass is 10.0. The highest BCUT2D eigenvalue weighted by Gasteiger charge is 2.19. The first kappa shape index (κ1) is 18.8. The van der Waals surface area contributed by atoms with Crippen LogP contribution in [0.25, 0.3) is 22.2 Å². The first-order valence-corrected chi connectivity index (χ1v) is 10.9. The summed E-state index contributed by atoms with van der Waals surface area (Å²) in [5, 5.41) is 11.7. The van der Waals surface area contributed by atoms with Crippen molar-refractivity contribution in [2.75, 3.05) is 19.3 Å². The number of halogens is 1. The number of rotatable bonds is 4. The molecule has 0 spiro atoms. The van der Waals surface area contributed by atoms with Crippen molar-refractivity contribution < 1.29 is 5.11 Å². The van der Waals surface area contributed by atoms with E-state index in [0.29, 0.717) is 0 Å². The van der Waals surface area contributed by atoms with Gasteiger partial charge in [-0.05, 0) is 55.0 Å². The van der Waals surface area contributed by atoms with Crippen LogP contribution < -0.4 is 0 Å². The third-order valence-corrected chi connectivity index (χ3v) is 6.15. The summed E-state index contributed by atoms with van der Waals surface area (Å²) in [5.74, 6) is 0. The number of likely N-dealkylation sites (tertiary alicyclic amines) is 1. The second-order valence-corrected chi connectivity index (χ2v) is 8.39. The Balaban J connectivity index is 1.76. The van der Waals surface area contributed by atoms with Crippen LogP contribution in [0.3, 0.4) is 0 Å². The van der Waals surface area contributed by atoms with Crippen LogP contribution >= 0.6 is 23.4 Å². The quantitative estimate of drug-likeness (QED) is 0.610. The molecule has 0 radical (unpaired) electrons. The zero-order valence-corrected chi connectivity index (χ0v) is 16.9. The monoisotopic (exact) mass is 398 g/mol. The third-order valence-electron chi connectivity index (χ3n) is 5.17. The molecule has 0 aliphatic carbocycles. The lowest BCUT2D eigenvalue weighted by molar-refractivity contribution is 0.0793. The SMILES string of the molecule is CSc1ccc2cc(CN3CCC(O)CC3)c(-c3ccc(Cl)cc3)nc2c1. The number of pyridine rings is 1. The zero-order valence-electron chi connectivity index (χ0n) is 15.4. The normalized spacial score (nSPS) is 16.1. The molecule has 1 saturated heterocycles. The molecule has 5 heteroatoms. The van der Waals surface area contributed by atoms with Crippen LogP contribution in [0.5, 0.6) is 0 Å². The van der Waals surface area contributed by atoms with Gasteiger partial charge in [0.05, 0.1) is 17.3 Å². The van der Waals surface area contributed by atoms with E-state index in [1.807, 2.05) is 24.3 Å². The van der Waals surface area contributed by atoms with Crippen LogP contribution in [-0.2, 0) is 6.54 Å². The van der Waals surface area contributed by atoms with E-state index >= 15 is 0 Å². The van der Waals surface area contributed by atoms with E-state index in [1.165, 1.54) is 10.5 Å². The summed E-state index contributed by atoms with van der Waals surface area (Å²) in [6.45, 7) is 2.69. The molecule has 0 unspecified atom stereocenters. The molecule has 0 bridgehead atoms. The number of benzene rings is 2. The average Bonchev–Trinajstić information content (AvgIpc) is 2.69. The van der Waals surface area contributed by atoms with Crippen LogP contribution in [0.4, 0.5) is 0 Å². The fourth-order valence-corrected chi connectivity index (χ4v) is 4.17. The van der Waals surface area contributed by atoms with Crippen LogP contribution in [-0.4, -0.2) is 40.4 Å². The molecule has 0 atom stereocenters. The van der Waals surface area contributed by atoms with Gasteiger partial charge in [0.25, 0.3) is 0 Å². The van der Waals surface area contributed by atoms with Gasteiger partial charge in [-0.15, -0.1) is 11.8 Å². The Labute approximate surface area is 169 Å². The maximum absolute atomic E-state index is 9.79. The fourth-order valence-electron chi connectivity index (χ4n) is 3.61. The first-order valence-electron chi connectivity index (χ1n) is 9.26. The fraction of sp³-hybridized carbons (Fsp3) is 0.318. The van der Waals surface area contributed by atoms with E-state index < -0.39 is 0 Å². The number of fused-ring (bicyclic) bond motifs is 1. The third kappa shape index (κ3) is 4.30. The molecule has 1 N–H and O–H groups in total. The highest BCUT2D eigenvalue weighted by molar-refractivity contribution is 7.98. The second kappa shape index (κ2) is 8.19. The van der Waals surface area contributed by atoms with Crippen molar-refractivity contribution in [2.24, 2.45) is 0 Å². The molecular weight excluding hydrogens is 376 g/mol. The lowest BCUT2D eigenvalue weighted by Gasteiger charge is -2.30. The maximum atomic E-state index is 9.79. The molecule has 4 rings (SSSR count). The molecule has 2 aromatic carbocycles. The van der Waals surface area contributed by atoms with Crippen LogP contribution in [0.1, 0.15) is 18.4 Å². The van der Waals surface area contributed by atoms with Gasteiger partial charge < -0.3 is 5.11 Å². The van der Waals surface area contributed by atoms with Crippen molar-refractivity contribution in [3.8, 4) is 11.3 Å². The summed E-state index contributed by atoms with van der Waals surface area (Å²) in [5.41, 5.74) is 4.34. The summed E-state index contributed by atoms with van der Waals surface area (Å²) in [7, 11) is 0. The van der Waals surface area contributed by atoms with Crippen molar-refractivity contribution in [2.45, 2.75) is 30.4 Å². The summed E-state index contributed by atoms with van der Waals surface area (Å²) < 4.78 is 0. The van der Waals surface area contributed by atoms with Crippen molar-refractivity contribution >= 4 is 34.3 Å². The highest BCUT2D eigenvalue weighted by Crippen LogP contribution is 2.30. The van der Waals surface area contributed by atoms with Crippen molar-refractivity contribution in [3.05, 3.63) is 59.1 Å². The molecule has 1 aliphatic heterocycles. The number of aliphatic hydroxyl groups is 1. The Morgan fingerprint density at radius 2 is 1.85 bits per heavy atom. The van der Waals surface area contributed by atoms with Gasteiger partial charge in [0.15, 0.2) is 0 Å². The van der Waals surface area contributed by atoms with Crippen LogP contribution in [0.15, 0.2) is 53.4 Å². The second-order valence-electron chi connectivity index (χ2n) is 7.07. The molecule has 3 nitrogen and oxygen atoms in total. The number of aliphatic hydroxyl groups excluding tert-OH is 1. The molecule has 2 heterocycles. The Morgan fingerprint density at radius 3 is 2.56 bits per heavy atom. The zero-order chi connectivity index (χ0) is 18.8. The van der Waals surface area contributed by atoms with Gasteiger partial charge in [-0.2, -0.15) is 0 Å². The molecule has 1 aromatic heterocycles. The highest BCUT2D eigenvalue weighted by atomic mass is 35.5. The molecule has 1 aliphatic rings. The molecule has 0 saturated carbocycles. The number of nitrogens with zero attached hydrogens (tertiary/aromatic N) is 2. The molecule has 27 heavy (non-hydrogen) atoms. The molecule has 3 aromatic rings. The minimum absolute atomic E-state index is 0.156. The minimum Gasteiger partial charge on any atom is -0.393 e. The van der Waals surface area contributed by atoms with Crippen molar-refractivity contribution in [1.82, 2.24) is 9.88 Å². The van der Waals surface area contributed by atoms with Gasteiger partial charge in [0.1, 0.15) is 0 Å². The minimum atomic E-state index is -0.156. The maximum Gasteiger partial charge on any atom is 0.0754 e. The van der Waals surface area contributed by atoms with Crippen molar-refractivity contribution in [3.63, 3.8) is 0 Å². The van der Waals surface area contributed by atoms with Gasteiger partial charge in [0.2, 0.25) is 0 Å². The Bertz CT molecular complexity index is 937. The summed E-state index contributed by atoms with van der Waals surface area (Å²) >= 11 is 7.82. The lowest BCUT2D eigenvalue weighted by Crippen LogP contribution is -2.35. The number of aromatic nitrogens is 1. The predicted molar refractivity (Wildman–Crippen MR) is 114 cm³/mol.